The number of nitrogens with one attached hydrogen (secondary N) is 1. The first-order valence-corrected chi connectivity index (χ1v) is 9.32. The largest absolute Gasteiger partial charge is 0.378 e. The molecule has 142 valence electrons. The molecule has 7 heteroatoms. The summed E-state index contributed by atoms with van der Waals surface area (Å²) in [4.78, 5) is 21.2. The highest BCUT2D eigenvalue weighted by Gasteiger charge is 2.19. The second kappa shape index (κ2) is 8.37. The average molecular weight is 368 g/mol. The van der Waals surface area contributed by atoms with Gasteiger partial charge in [-0.3, -0.25) is 9.78 Å². The number of aromatic nitrogens is 1. The van der Waals surface area contributed by atoms with Gasteiger partial charge in [-0.25, -0.2) is 0 Å². The lowest BCUT2D eigenvalue weighted by molar-refractivity contribution is 0.102. The van der Waals surface area contributed by atoms with Crippen LogP contribution in [0.1, 0.15) is 10.4 Å². The van der Waals surface area contributed by atoms with Crippen molar-refractivity contribution in [3.8, 4) is 0 Å². The predicted molar refractivity (Wildman–Crippen MR) is 105 cm³/mol. The fraction of sp³-hybridized carbons (Fsp3) is 0.400. The number of nitrogens with zero attached hydrogens (tertiary/aromatic N) is 3. The van der Waals surface area contributed by atoms with Crippen LogP contribution < -0.4 is 15.1 Å². The third-order valence-corrected chi connectivity index (χ3v) is 4.90. The number of ether oxygens (including phenoxy) is 2. The fourth-order valence-corrected chi connectivity index (χ4v) is 3.41. The van der Waals surface area contributed by atoms with Gasteiger partial charge in [0.2, 0.25) is 0 Å². The number of benzene rings is 1. The van der Waals surface area contributed by atoms with E-state index in [0.717, 1.165) is 56.5 Å². The number of pyridine rings is 1. The average Bonchev–Trinajstić information content (AvgIpc) is 2.76. The van der Waals surface area contributed by atoms with Crippen molar-refractivity contribution in [2.24, 2.45) is 0 Å². The Morgan fingerprint density at radius 1 is 0.889 bits per heavy atom. The van der Waals surface area contributed by atoms with Gasteiger partial charge in [-0.1, -0.05) is 0 Å². The Hall–Kier alpha value is -2.64. The first-order valence-electron chi connectivity index (χ1n) is 9.32. The minimum absolute atomic E-state index is 0.133. The number of carbonyl (C=O) groups is 1. The number of hydrogen-bond donors (Lipinski definition) is 1. The van der Waals surface area contributed by atoms with Gasteiger partial charge in [0.15, 0.2) is 0 Å². The molecule has 1 amide bonds. The summed E-state index contributed by atoms with van der Waals surface area (Å²) in [7, 11) is 0. The second-order valence-corrected chi connectivity index (χ2v) is 6.59. The summed E-state index contributed by atoms with van der Waals surface area (Å²) < 4.78 is 11.0. The SMILES string of the molecule is O=C(Nc1ccc(N2CCOCC2)cc1N1CCOCC1)c1ccncc1. The number of anilines is 3. The van der Waals surface area contributed by atoms with Crippen LogP contribution in [0.15, 0.2) is 42.7 Å². The molecule has 27 heavy (non-hydrogen) atoms. The van der Waals surface area contributed by atoms with Gasteiger partial charge in [-0.2, -0.15) is 0 Å². The Bertz CT molecular complexity index is 772. The molecule has 0 radical (unpaired) electrons. The Balaban J connectivity index is 1.61. The van der Waals surface area contributed by atoms with Crippen molar-refractivity contribution >= 4 is 23.0 Å². The minimum atomic E-state index is -0.133. The van der Waals surface area contributed by atoms with Gasteiger partial charge in [-0.05, 0) is 30.3 Å². The lowest BCUT2D eigenvalue weighted by Gasteiger charge is -2.33. The normalized spacial score (nSPS) is 17.6. The van der Waals surface area contributed by atoms with Crippen LogP contribution in [0.5, 0.6) is 0 Å². The molecule has 2 aliphatic rings. The van der Waals surface area contributed by atoms with Gasteiger partial charge in [0.25, 0.3) is 5.91 Å². The van der Waals surface area contributed by atoms with Crippen molar-refractivity contribution in [3.63, 3.8) is 0 Å². The zero-order valence-electron chi connectivity index (χ0n) is 15.3. The summed E-state index contributed by atoms with van der Waals surface area (Å²) in [6.07, 6.45) is 3.25. The maximum atomic E-state index is 12.6. The zero-order chi connectivity index (χ0) is 18.5. The van der Waals surface area contributed by atoms with Crippen LogP contribution in [0, 0.1) is 0 Å². The smallest absolute Gasteiger partial charge is 0.255 e. The number of hydrogen-bond acceptors (Lipinski definition) is 6. The molecule has 0 saturated carbocycles. The lowest BCUT2D eigenvalue weighted by atomic mass is 10.1. The highest BCUT2D eigenvalue weighted by Crippen LogP contribution is 2.32. The molecule has 0 bridgehead atoms. The summed E-state index contributed by atoms with van der Waals surface area (Å²) in [5.41, 5.74) is 3.59. The van der Waals surface area contributed by atoms with E-state index in [1.54, 1.807) is 24.5 Å². The van der Waals surface area contributed by atoms with E-state index in [-0.39, 0.29) is 5.91 Å². The summed E-state index contributed by atoms with van der Waals surface area (Å²) in [6.45, 7) is 6.26. The van der Waals surface area contributed by atoms with Crippen molar-refractivity contribution in [3.05, 3.63) is 48.3 Å². The summed E-state index contributed by atoms with van der Waals surface area (Å²) in [5.74, 6) is -0.133. The van der Waals surface area contributed by atoms with E-state index in [1.807, 2.05) is 6.07 Å². The number of carbonyl (C=O) groups excluding carboxylic acids is 1. The molecule has 1 N–H and O–H groups in total. The van der Waals surface area contributed by atoms with Crippen molar-refractivity contribution in [2.75, 3.05) is 67.7 Å². The van der Waals surface area contributed by atoms with Crippen LogP contribution in [-0.2, 0) is 9.47 Å². The van der Waals surface area contributed by atoms with E-state index in [2.05, 4.69) is 32.2 Å². The summed E-state index contributed by atoms with van der Waals surface area (Å²) in [6, 6.07) is 9.66. The van der Waals surface area contributed by atoms with Crippen LogP contribution in [0.4, 0.5) is 17.1 Å². The van der Waals surface area contributed by atoms with E-state index in [9.17, 15) is 4.79 Å². The topological polar surface area (TPSA) is 66.9 Å². The number of morpholine rings is 2. The minimum Gasteiger partial charge on any atom is -0.378 e. The molecule has 3 heterocycles. The highest BCUT2D eigenvalue weighted by atomic mass is 16.5. The van der Waals surface area contributed by atoms with Crippen LogP contribution >= 0.6 is 0 Å². The Morgan fingerprint density at radius 2 is 1.52 bits per heavy atom. The molecule has 4 rings (SSSR count). The maximum Gasteiger partial charge on any atom is 0.255 e. The third-order valence-electron chi connectivity index (χ3n) is 4.90. The molecule has 2 aromatic rings. The van der Waals surface area contributed by atoms with Gasteiger partial charge < -0.3 is 24.6 Å². The van der Waals surface area contributed by atoms with Gasteiger partial charge >= 0.3 is 0 Å². The first-order chi connectivity index (χ1) is 13.3. The van der Waals surface area contributed by atoms with E-state index >= 15 is 0 Å². The molecule has 1 aromatic carbocycles. The number of amides is 1. The van der Waals surface area contributed by atoms with Crippen molar-refractivity contribution in [2.45, 2.75) is 0 Å². The maximum absolute atomic E-state index is 12.6. The Labute approximate surface area is 158 Å². The molecule has 7 nitrogen and oxygen atoms in total. The molecular formula is C20H24N4O3. The summed E-state index contributed by atoms with van der Waals surface area (Å²) in [5, 5.41) is 3.06. The van der Waals surface area contributed by atoms with Crippen LogP contribution in [-0.4, -0.2) is 63.5 Å². The van der Waals surface area contributed by atoms with Crippen molar-refractivity contribution < 1.29 is 14.3 Å². The zero-order valence-corrected chi connectivity index (χ0v) is 15.3. The standard InChI is InChI=1S/C20H24N4O3/c25-20(16-3-5-21-6-4-16)22-18-2-1-17(23-7-11-26-12-8-23)15-19(18)24-9-13-27-14-10-24/h1-6,15H,7-14H2,(H,22,25). The lowest BCUT2D eigenvalue weighted by Crippen LogP contribution is -2.38. The van der Waals surface area contributed by atoms with E-state index in [0.29, 0.717) is 18.8 Å². The van der Waals surface area contributed by atoms with Gasteiger partial charge in [-0.15, -0.1) is 0 Å². The van der Waals surface area contributed by atoms with E-state index < -0.39 is 0 Å². The highest BCUT2D eigenvalue weighted by molar-refractivity contribution is 6.06. The number of rotatable bonds is 4. The molecule has 2 aliphatic heterocycles. The molecule has 0 atom stereocenters. The van der Waals surface area contributed by atoms with Crippen LogP contribution in [0.3, 0.4) is 0 Å². The van der Waals surface area contributed by atoms with Gasteiger partial charge in [0.05, 0.1) is 37.8 Å². The van der Waals surface area contributed by atoms with Crippen molar-refractivity contribution in [1.29, 1.82) is 0 Å². The van der Waals surface area contributed by atoms with Gasteiger partial charge in [0.1, 0.15) is 0 Å². The van der Waals surface area contributed by atoms with Crippen LogP contribution in [0.25, 0.3) is 0 Å². The van der Waals surface area contributed by atoms with E-state index in [4.69, 9.17) is 9.47 Å². The van der Waals surface area contributed by atoms with Crippen molar-refractivity contribution in [1.82, 2.24) is 4.98 Å². The molecule has 2 saturated heterocycles. The monoisotopic (exact) mass is 368 g/mol. The second-order valence-electron chi connectivity index (χ2n) is 6.59. The Morgan fingerprint density at radius 3 is 2.19 bits per heavy atom. The van der Waals surface area contributed by atoms with Gasteiger partial charge in [0, 0.05) is 49.8 Å². The third kappa shape index (κ3) is 4.20. The Kier molecular flexibility index (Phi) is 5.50. The molecule has 0 spiro atoms. The van der Waals surface area contributed by atoms with E-state index in [1.165, 1.54) is 0 Å². The van der Waals surface area contributed by atoms with Crippen LogP contribution in [0.2, 0.25) is 0 Å². The first kappa shape index (κ1) is 17.8. The molecular weight excluding hydrogens is 344 g/mol. The molecule has 2 fully saturated rings. The molecule has 1 aromatic heterocycles. The quantitative estimate of drug-likeness (QED) is 0.891. The summed E-state index contributed by atoms with van der Waals surface area (Å²) >= 11 is 0. The predicted octanol–water partition coefficient (Wildman–Crippen LogP) is 2.01. The fourth-order valence-electron chi connectivity index (χ4n) is 3.41. The molecule has 0 unspecified atom stereocenters. The molecule has 0 aliphatic carbocycles.